The number of ketones is 1. The Labute approximate surface area is 115 Å². The number of benzene rings is 1. The quantitative estimate of drug-likeness (QED) is 0.734. The largest absolute Gasteiger partial charge is 0.497 e. The molecule has 2 nitrogen and oxygen atoms in total. The summed E-state index contributed by atoms with van der Waals surface area (Å²) in [4.78, 5) is 12.1. The van der Waals surface area contributed by atoms with Crippen LogP contribution in [0.1, 0.15) is 50.9 Å². The van der Waals surface area contributed by atoms with Crippen molar-refractivity contribution in [3.63, 3.8) is 0 Å². The molecule has 0 heterocycles. The van der Waals surface area contributed by atoms with E-state index in [9.17, 15) is 9.18 Å². The maximum Gasteiger partial charge on any atom is 0.163 e. The van der Waals surface area contributed by atoms with Crippen molar-refractivity contribution in [3.8, 4) is 5.75 Å². The van der Waals surface area contributed by atoms with Gasteiger partial charge in [-0.2, -0.15) is 0 Å². The maximum atomic E-state index is 13.4. The van der Waals surface area contributed by atoms with Gasteiger partial charge in [0, 0.05) is 18.1 Å². The van der Waals surface area contributed by atoms with Crippen LogP contribution >= 0.6 is 0 Å². The van der Waals surface area contributed by atoms with E-state index in [-0.39, 0.29) is 17.1 Å². The molecule has 0 aliphatic heterocycles. The molecule has 1 aromatic rings. The predicted octanol–water partition coefficient (Wildman–Crippen LogP) is 4.48. The molecule has 1 atom stereocenters. The number of halogens is 1. The van der Waals surface area contributed by atoms with E-state index in [2.05, 4.69) is 27.7 Å². The molecule has 1 rings (SSSR count). The zero-order valence-corrected chi connectivity index (χ0v) is 12.4. The Bertz CT molecular complexity index is 447. The first-order valence-electron chi connectivity index (χ1n) is 6.59. The SMILES string of the molecule is COc1cc(F)cc(C(=O)CC(C)CC(C)(C)C)c1. The topological polar surface area (TPSA) is 26.3 Å². The fourth-order valence-corrected chi connectivity index (χ4v) is 2.39. The number of hydrogen-bond acceptors (Lipinski definition) is 2. The van der Waals surface area contributed by atoms with Gasteiger partial charge in [-0.05, 0) is 29.9 Å². The molecular weight excluding hydrogens is 243 g/mol. The summed E-state index contributed by atoms with van der Waals surface area (Å²) in [6, 6.07) is 4.14. The summed E-state index contributed by atoms with van der Waals surface area (Å²) < 4.78 is 18.3. The Balaban J connectivity index is 2.75. The van der Waals surface area contributed by atoms with Gasteiger partial charge in [-0.1, -0.05) is 27.7 Å². The molecule has 3 heteroatoms. The summed E-state index contributed by atoms with van der Waals surface area (Å²) >= 11 is 0. The second-order valence-corrected chi connectivity index (χ2v) is 6.38. The molecule has 0 amide bonds. The monoisotopic (exact) mass is 266 g/mol. The Hall–Kier alpha value is -1.38. The highest BCUT2D eigenvalue weighted by molar-refractivity contribution is 5.96. The lowest BCUT2D eigenvalue weighted by atomic mass is 9.83. The van der Waals surface area contributed by atoms with Crippen LogP contribution in [0.2, 0.25) is 0 Å². The fraction of sp³-hybridized carbons (Fsp3) is 0.562. The summed E-state index contributed by atoms with van der Waals surface area (Å²) in [5.74, 6) is 0.189. The van der Waals surface area contributed by atoms with E-state index < -0.39 is 5.82 Å². The van der Waals surface area contributed by atoms with Crippen molar-refractivity contribution in [2.75, 3.05) is 7.11 Å². The van der Waals surface area contributed by atoms with Crippen molar-refractivity contribution in [1.82, 2.24) is 0 Å². The minimum atomic E-state index is -0.439. The van der Waals surface area contributed by atoms with Crippen molar-refractivity contribution >= 4 is 5.78 Å². The highest BCUT2D eigenvalue weighted by atomic mass is 19.1. The van der Waals surface area contributed by atoms with Crippen molar-refractivity contribution < 1.29 is 13.9 Å². The molecule has 0 aliphatic carbocycles. The molecule has 0 aromatic heterocycles. The van der Waals surface area contributed by atoms with Crippen molar-refractivity contribution in [2.45, 2.75) is 40.5 Å². The molecule has 19 heavy (non-hydrogen) atoms. The Morgan fingerprint density at radius 3 is 2.47 bits per heavy atom. The summed E-state index contributed by atoms with van der Waals surface area (Å²) in [6.45, 7) is 8.51. The molecule has 106 valence electrons. The predicted molar refractivity (Wildman–Crippen MR) is 75.1 cm³/mol. The Morgan fingerprint density at radius 2 is 1.95 bits per heavy atom. The van der Waals surface area contributed by atoms with Crippen LogP contribution in [0.4, 0.5) is 4.39 Å². The molecule has 1 aromatic carbocycles. The van der Waals surface area contributed by atoms with Crippen LogP contribution in [-0.2, 0) is 0 Å². The number of rotatable bonds is 5. The number of hydrogen-bond donors (Lipinski definition) is 0. The lowest BCUT2D eigenvalue weighted by Crippen LogP contribution is -2.14. The molecule has 0 saturated carbocycles. The highest BCUT2D eigenvalue weighted by Crippen LogP contribution is 2.27. The fourth-order valence-electron chi connectivity index (χ4n) is 2.39. The molecule has 0 bridgehead atoms. The third-order valence-corrected chi connectivity index (χ3v) is 2.92. The minimum absolute atomic E-state index is 0.0328. The van der Waals surface area contributed by atoms with Gasteiger partial charge in [0.2, 0.25) is 0 Å². The maximum absolute atomic E-state index is 13.4. The summed E-state index contributed by atoms with van der Waals surface area (Å²) in [6.07, 6.45) is 1.40. The van der Waals surface area contributed by atoms with Crippen LogP contribution in [0.5, 0.6) is 5.75 Å². The zero-order chi connectivity index (χ0) is 14.6. The van der Waals surface area contributed by atoms with E-state index in [1.165, 1.54) is 19.2 Å². The lowest BCUT2D eigenvalue weighted by molar-refractivity contribution is 0.0953. The van der Waals surface area contributed by atoms with Gasteiger partial charge in [0.1, 0.15) is 11.6 Å². The van der Waals surface area contributed by atoms with E-state index in [4.69, 9.17) is 4.74 Å². The van der Waals surface area contributed by atoms with Gasteiger partial charge < -0.3 is 4.74 Å². The lowest BCUT2D eigenvalue weighted by Gasteiger charge is -2.22. The number of carbonyl (C=O) groups excluding carboxylic acids is 1. The normalized spacial score (nSPS) is 13.2. The Kier molecular flexibility index (Phi) is 5.10. The smallest absolute Gasteiger partial charge is 0.163 e. The van der Waals surface area contributed by atoms with Gasteiger partial charge in [0.05, 0.1) is 7.11 Å². The van der Waals surface area contributed by atoms with Crippen LogP contribution in [-0.4, -0.2) is 12.9 Å². The first-order chi connectivity index (χ1) is 8.71. The second kappa shape index (κ2) is 6.18. The van der Waals surface area contributed by atoms with Gasteiger partial charge in [-0.25, -0.2) is 4.39 Å². The van der Waals surface area contributed by atoms with Crippen molar-refractivity contribution in [1.29, 1.82) is 0 Å². The van der Waals surface area contributed by atoms with E-state index in [1.54, 1.807) is 6.07 Å². The van der Waals surface area contributed by atoms with Gasteiger partial charge in [0.25, 0.3) is 0 Å². The number of Topliss-reactive ketones (excluding diaryl/α,β-unsaturated/α-hetero) is 1. The molecular formula is C16H23FO2. The molecule has 0 aliphatic rings. The summed E-state index contributed by atoms with van der Waals surface area (Å²) in [7, 11) is 1.46. The highest BCUT2D eigenvalue weighted by Gasteiger charge is 2.19. The number of methoxy groups -OCH3 is 1. The zero-order valence-electron chi connectivity index (χ0n) is 12.4. The summed E-state index contributed by atoms with van der Waals surface area (Å²) in [5.41, 5.74) is 0.580. The third-order valence-electron chi connectivity index (χ3n) is 2.92. The van der Waals surface area contributed by atoms with E-state index in [0.29, 0.717) is 17.7 Å². The average molecular weight is 266 g/mol. The molecule has 0 fully saturated rings. The van der Waals surface area contributed by atoms with E-state index >= 15 is 0 Å². The second-order valence-electron chi connectivity index (χ2n) is 6.38. The molecule has 0 N–H and O–H groups in total. The standard InChI is InChI=1S/C16H23FO2/c1-11(10-16(2,3)4)6-15(18)12-7-13(17)9-14(8-12)19-5/h7-9,11H,6,10H2,1-5H3. The van der Waals surface area contributed by atoms with Crippen LogP contribution in [0.25, 0.3) is 0 Å². The third kappa shape index (κ3) is 5.41. The van der Waals surface area contributed by atoms with E-state index in [1.807, 2.05) is 0 Å². The van der Waals surface area contributed by atoms with Gasteiger partial charge >= 0.3 is 0 Å². The summed E-state index contributed by atoms with van der Waals surface area (Å²) in [5, 5.41) is 0. The van der Waals surface area contributed by atoms with Gasteiger partial charge in [-0.3, -0.25) is 4.79 Å². The first-order valence-corrected chi connectivity index (χ1v) is 6.59. The van der Waals surface area contributed by atoms with Crippen LogP contribution < -0.4 is 4.74 Å². The molecule has 0 spiro atoms. The molecule has 0 saturated heterocycles. The average Bonchev–Trinajstić information content (AvgIpc) is 2.25. The van der Waals surface area contributed by atoms with Gasteiger partial charge in [-0.15, -0.1) is 0 Å². The van der Waals surface area contributed by atoms with Gasteiger partial charge in [0.15, 0.2) is 5.78 Å². The molecule has 1 unspecified atom stereocenters. The van der Waals surface area contributed by atoms with E-state index in [0.717, 1.165) is 6.42 Å². The Morgan fingerprint density at radius 1 is 1.32 bits per heavy atom. The first kappa shape index (κ1) is 15.7. The number of carbonyl (C=O) groups is 1. The minimum Gasteiger partial charge on any atom is -0.497 e. The van der Waals surface area contributed by atoms with Crippen LogP contribution in [0.15, 0.2) is 18.2 Å². The van der Waals surface area contributed by atoms with Crippen LogP contribution in [0, 0.1) is 17.2 Å². The number of ether oxygens (including phenoxy) is 1. The van der Waals surface area contributed by atoms with Crippen molar-refractivity contribution in [3.05, 3.63) is 29.6 Å². The molecule has 0 radical (unpaired) electrons. The van der Waals surface area contributed by atoms with Crippen LogP contribution in [0.3, 0.4) is 0 Å². The van der Waals surface area contributed by atoms with Crippen molar-refractivity contribution in [2.24, 2.45) is 11.3 Å².